The number of ketones is 1. The van der Waals surface area contributed by atoms with Gasteiger partial charge in [0.05, 0.1) is 0 Å². The molecule has 24 heavy (non-hydrogen) atoms. The number of halogens is 1. The van der Waals surface area contributed by atoms with Crippen LogP contribution in [0.1, 0.15) is 48.5 Å². The van der Waals surface area contributed by atoms with Crippen molar-refractivity contribution >= 4 is 27.8 Å². The van der Waals surface area contributed by atoms with E-state index in [9.17, 15) is 4.79 Å². The van der Waals surface area contributed by atoms with Gasteiger partial charge in [0.15, 0.2) is 5.78 Å². The molecule has 0 spiro atoms. The van der Waals surface area contributed by atoms with Crippen LogP contribution in [0, 0.1) is 0 Å². The van der Waals surface area contributed by atoms with Crippen molar-refractivity contribution in [2.75, 3.05) is 0 Å². The molecule has 2 rings (SSSR count). The van der Waals surface area contributed by atoms with Gasteiger partial charge in [-0.25, -0.2) is 0 Å². The molecule has 0 aromatic heterocycles. The molecule has 0 fully saturated rings. The fourth-order valence-corrected chi connectivity index (χ4v) is 2.87. The van der Waals surface area contributed by atoms with E-state index >= 15 is 0 Å². The second kappa shape index (κ2) is 10.0. The zero-order valence-electron chi connectivity index (χ0n) is 14.0. The molecule has 0 radical (unpaired) electrons. The maximum Gasteiger partial charge on any atom is 0.185 e. The van der Waals surface area contributed by atoms with Crippen molar-refractivity contribution in [3.63, 3.8) is 0 Å². The molecule has 0 amide bonds. The topological polar surface area (TPSA) is 17.1 Å². The summed E-state index contributed by atoms with van der Waals surface area (Å²) in [5.74, 6) is 0.0331. The summed E-state index contributed by atoms with van der Waals surface area (Å²) in [5, 5.41) is 0. The van der Waals surface area contributed by atoms with E-state index in [4.69, 9.17) is 0 Å². The van der Waals surface area contributed by atoms with E-state index in [0.29, 0.717) is 5.56 Å². The SMILES string of the molecule is CCCCCC(=C/c1ccccc1)/C=C/C(=O)c1cccc(Br)c1. The van der Waals surface area contributed by atoms with Crippen molar-refractivity contribution in [3.05, 3.63) is 87.9 Å². The molecule has 0 unspecified atom stereocenters. The number of unbranched alkanes of at least 4 members (excludes halogenated alkanes) is 2. The monoisotopic (exact) mass is 382 g/mol. The molecule has 2 aromatic carbocycles. The molecule has 0 aliphatic carbocycles. The van der Waals surface area contributed by atoms with Crippen LogP contribution in [0.25, 0.3) is 6.08 Å². The Morgan fingerprint density at radius 3 is 2.50 bits per heavy atom. The summed E-state index contributed by atoms with van der Waals surface area (Å²) in [6.45, 7) is 2.20. The number of hydrogen-bond donors (Lipinski definition) is 0. The van der Waals surface area contributed by atoms with Crippen molar-refractivity contribution in [1.82, 2.24) is 0 Å². The average Bonchev–Trinajstić information content (AvgIpc) is 2.60. The molecule has 0 aliphatic heterocycles. The highest BCUT2D eigenvalue weighted by Gasteiger charge is 2.03. The summed E-state index contributed by atoms with van der Waals surface area (Å²) in [4.78, 5) is 12.3. The second-order valence-corrected chi connectivity index (χ2v) is 6.71. The van der Waals surface area contributed by atoms with Gasteiger partial charge in [-0.15, -0.1) is 0 Å². The Bertz CT molecular complexity index is 714. The van der Waals surface area contributed by atoms with Crippen molar-refractivity contribution in [3.8, 4) is 0 Å². The number of hydrogen-bond acceptors (Lipinski definition) is 1. The standard InChI is InChI=1S/C22H23BrO/c1-2-3-5-9-19(16-18-10-6-4-7-11-18)14-15-22(24)20-12-8-13-21(23)17-20/h4,6-8,10-17H,2-3,5,9H2,1H3/b15-14+,19-16-. The summed E-state index contributed by atoms with van der Waals surface area (Å²) < 4.78 is 0.921. The first-order valence-corrected chi connectivity index (χ1v) is 9.22. The number of allylic oxidation sites excluding steroid dienone is 3. The van der Waals surface area contributed by atoms with Gasteiger partial charge in [0.1, 0.15) is 0 Å². The predicted molar refractivity (Wildman–Crippen MR) is 106 cm³/mol. The van der Waals surface area contributed by atoms with Crippen LogP contribution in [0.5, 0.6) is 0 Å². The van der Waals surface area contributed by atoms with Crippen LogP contribution in [0.2, 0.25) is 0 Å². The van der Waals surface area contributed by atoms with Crippen molar-refractivity contribution in [2.45, 2.75) is 32.6 Å². The van der Waals surface area contributed by atoms with Crippen molar-refractivity contribution in [2.24, 2.45) is 0 Å². The Kier molecular flexibility index (Phi) is 7.70. The van der Waals surface area contributed by atoms with Crippen LogP contribution in [-0.2, 0) is 0 Å². The highest BCUT2D eigenvalue weighted by Crippen LogP contribution is 2.17. The first-order chi connectivity index (χ1) is 11.7. The average molecular weight is 383 g/mol. The van der Waals surface area contributed by atoms with Gasteiger partial charge in [0, 0.05) is 10.0 Å². The lowest BCUT2D eigenvalue weighted by molar-refractivity contribution is 0.104. The third-order valence-electron chi connectivity index (χ3n) is 3.78. The Balaban J connectivity index is 2.14. The quantitative estimate of drug-likeness (QED) is 0.211. The van der Waals surface area contributed by atoms with E-state index in [-0.39, 0.29) is 5.78 Å². The third kappa shape index (κ3) is 6.29. The molecule has 2 heteroatoms. The van der Waals surface area contributed by atoms with E-state index in [0.717, 1.165) is 17.3 Å². The highest BCUT2D eigenvalue weighted by atomic mass is 79.9. The molecular weight excluding hydrogens is 360 g/mol. The van der Waals surface area contributed by atoms with Gasteiger partial charge in [0.25, 0.3) is 0 Å². The largest absolute Gasteiger partial charge is 0.289 e. The normalized spacial score (nSPS) is 11.8. The van der Waals surface area contributed by atoms with Gasteiger partial charge in [-0.2, -0.15) is 0 Å². The van der Waals surface area contributed by atoms with Gasteiger partial charge in [0.2, 0.25) is 0 Å². The van der Waals surface area contributed by atoms with Crippen molar-refractivity contribution < 1.29 is 4.79 Å². The fourth-order valence-electron chi connectivity index (χ4n) is 2.47. The van der Waals surface area contributed by atoms with Crippen LogP contribution >= 0.6 is 15.9 Å². The summed E-state index contributed by atoms with van der Waals surface area (Å²) in [6, 6.07) is 17.8. The molecule has 0 aliphatic rings. The van der Waals surface area contributed by atoms with Crippen LogP contribution in [0.3, 0.4) is 0 Å². The minimum absolute atomic E-state index is 0.0331. The van der Waals surface area contributed by atoms with E-state index in [1.165, 1.54) is 24.0 Å². The summed E-state index contributed by atoms with van der Waals surface area (Å²) in [6.07, 6.45) is 10.4. The molecule has 0 saturated heterocycles. The van der Waals surface area contributed by atoms with Crippen LogP contribution in [-0.4, -0.2) is 5.78 Å². The number of rotatable bonds is 8. The van der Waals surface area contributed by atoms with E-state index in [2.05, 4.69) is 41.1 Å². The lowest BCUT2D eigenvalue weighted by Crippen LogP contribution is -1.94. The number of carbonyl (C=O) groups excluding carboxylic acids is 1. The Labute approximate surface area is 153 Å². The number of benzene rings is 2. The summed E-state index contributed by atoms with van der Waals surface area (Å²) in [7, 11) is 0. The lowest BCUT2D eigenvalue weighted by Gasteiger charge is -2.03. The fraction of sp³-hybridized carbons (Fsp3) is 0.227. The van der Waals surface area contributed by atoms with Gasteiger partial charge in [-0.3, -0.25) is 4.79 Å². The predicted octanol–water partition coefficient (Wildman–Crippen LogP) is 6.85. The van der Waals surface area contributed by atoms with Crippen LogP contribution in [0.15, 0.2) is 76.8 Å². The molecule has 124 valence electrons. The number of carbonyl (C=O) groups is 1. The maximum absolute atomic E-state index is 12.3. The third-order valence-corrected chi connectivity index (χ3v) is 4.27. The van der Waals surface area contributed by atoms with Crippen LogP contribution in [0.4, 0.5) is 0 Å². The first-order valence-electron chi connectivity index (χ1n) is 8.42. The molecule has 0 N–H and O–H groups in total. The lowest BCUT2D eigenvalue weighted by atomic mass is 10.0. The molecule has 0 saturated carbocycles. The molecule has 0 atom stereocenters. The molecule has 0 bridgehead atoms. The zero-order chi connectivity index (χ0) is 17.2. The molecule has 0 heterocycles. The van der Waals surface area contributed by atoms with Gasteiger partial charge < -0.3 is 0 Å². The first kappa shape index (κ1) is 18.4. The van der Waals surface area contributed by atoms with Gasteiger partial charge >= 0.3 is 0 Å². The second-order valence-electron chi connectivity index (χ2n) is 5.79. The minimum atomic E-state index is 0.0331. The Morgan fingerprint density at radius 2 is 1.79 bits per heavy atom. The van der Waals surface area contributed by atoms with Crippen LogP contribution < -0.4 is 0 Å². The zero-order valence-corrected chi connectivity index (χ0v) is 15.6. The van der Waals surface area contributed by atoms with Crippen molar-refractivity contribution in [1.29, 1.82) is 0 Å². The minimum Gasteiger partial charge on any atom is -0.289 e. The maximum atomic E-state index is 12.3. The Hall–Kier alpha value is -1.93. The highest BCUT2D eigenvalue weighted by molar-refractivity contribution is 9.10. The van der Waals surface area contributed by atoms with Gasteiger partial charge in [-0.05, 0) is 42.2 Å². The van der Waals surface area contributed by atoms with E-state index in [1.807, 2.05) is 48.5 Å². The smallest absolute Gasteiger partial charge is 0.185 e. The molecule has 2 aromatic rings. The van der Waals surface area contributed by atoms with E-state index in [1.54, 1.807) is 6.08 Å². The summed E-state index contributed by atoms with van der Waals surface area (Å²) >= 11 is 3.41. The molecule has 1 nitrogen and oxygen atoms in total. The van der Waals surface area contributed by atoms with Gasteiger partial charge in [-0.1, -0.05) is 90.3 Å². The Morgan fingerprint density at radius 1 is 1.00 bits per heavy atom. The summed E-state index contributed by atoms with van der Waals surface area (Å²) in [5.41, 5.74) is 3.06. The molecular formula is C22H23BrO. The van der Waals surface area contributed by atoms with E-state index < -0.39 is 0 Å².